The van der Waals surface area contributed by atoms with E-state index in [0.717, 1.165) is 17.9 Å². The maximum Gasteiger partial charge on any atom is 0.119 e. The van der Waals surface area contributed by atoms with E-state index in [4.69, 9.17) is 10.5 Å². The third kappa shape index (κ3) is 3.52. The van der Waals surface area contributed by atoms with Gasteiger partial charge in [-0.25, -0.2) is 0 Å². The highest BCUT2D eigenvalue weighted by Crippen LogP contribution is 2.17. The van der Waals surface area contributed by atoms with Crippen LogP contribution in [0, 0.1) is 0 Å². The van der Waals surface area contributed by atoms with Crippen molar-refractivity contribution in [3.63, 3.8) is 0 Å². The van der Waals surface area contributed by atoms with Crippen molar-refractivity contribution in [2.75, 3.05) is 5.73 Å². The van der Waals surface area contributed by atoms with E-state index in [2.05, 4.69) is 24.3 Å². The highest BCUT2D eigenvalue weighted by Gasteiger charge is 1.99. The van der Waals surface area contributed by atoms with Crippen LogP contribution >= 0.6 is 0 Å². The number of ether oxygens (including phenoxy) is 1. The van der Waals surface area contributed by atoms with Crippen molar-refractivity contribution < 1.29 is 4.74 Å². The molecule has 0 saturated carbocycles. The van der Waals surface area contributed by atoms with Gasteiger partial charge in [-0.1, -0.05) is 24.3 Å². The second kappa shape index (κ2) is 5.58. The fraction of sp³-hybridized carbons (Fsp3) is 0.250. The van der Waals surface area contributed by atoms with Crippen molar-refractivity contribution in [3.05, 3.63) is 59.7 Å². The number of benzene rings is 2. The SMILES string of the molecule is CC(C)Oc1ccc(Cc2ccc(N)cc2)cc1. The summed E-state index contributed by atoms with van der Waals surface area (Å²) in [6.45, 7) is 4.06. The monoisotopic (exact) mass is 241 g/mol. The molecule has 18 heavy (non-hydrogen) atoms. The minimum atomic E-state index is 0.216. The van der Waals surface area contributed by atoms with E-state index in [1.165, 1.54) is 11.1 Å². The number of anilines is 1. The Bertz CT molecular complexity index is 486. The van der Waals surface area contributed by atoms with E-state index in [0.29, 0.717) is 0 Å². The summed E-state index contributed by atoms with van der Waals surface area (Å²) in [6, 6.07) is 16.3. The smallest absolute Gasteiger partial charge is 0.119 e. The van der Waals surface area contributed by atoms with E-state index in [9.17, 15) is 0 Å². The second-order valence-corrected chi connectivity index (χ2v) is 4.73. The maximum atomic E-state index is 5.67. The lowest BCUT2D eigenvalue weighted by molar-refractivity contribution is 0.242. The van der Waals surface area contributed by atoms with Crippen molar-refractivity contribution in [1.82, 2.24) is 0 Å². The molecule has 0 aliphatic carbocycles. The van der Waals surface area contributed by atoms with Gasteiger partial charge in [0.05, 0.1) is 6.10 Å². The van der Waals surface area contributed by atoms with Gasteiger partial charge in [-0.05, 0) is 55.7 Å². The van der Waals surface area contributed by atoms with Gasteiger partial charge in [0, 0.05) is 5.69 Å². The first kappa shape index (κ1) is 12.5. The Morgan fingerprint density at radius 3 is 1.89 bits per heavy atom. The highest BCUT2D eigenvalue weighted by atomic mass is 16.5. The Kier molecular flexibility index (Phi) is 3.88. The van der Waals surface area contributed by atoms with Gasteiger partial charge in [0.15, 0.2) is 0 Å². The fourth-order valence-electron chi connectivity index (χ4n) is 1.83. The summed E-state index contributed by atoms with van der Waals surface area (Å²) in [5.41, 5.74) is 9.01. The van der Waals surface area contributed by atoms with Crippen molar-refractivity contribution in [3.8, 4) is 5.75 Å². The van der Waals surface area contributed by atoms with Gasteiger partial charge in [-0.3, -0.25) is 0 Å². The summed E-state index contributed by atoms with van der Waals surface area (Å²) in [7, 11) is 0. The summed E-state index contributed by atoms with van der Waals surface area (Å²) in [4.78, 5) is 0. The molecule has 0 saturated heterocycles. The molecule has 2 aromatic carbocycles. The molecule has 0 fully saturated rings. The second-order valence-electron chi connectivity index (χ2n) is 4.73. The molecule has 2 rings (SSSR count). The van der Waals surface area contributed by atoms with Crippen LogP contribution in [0.2, 0.25) is 0 Å². The Balaban J connectivity index is 2.04. The van der Waals surface area contributed by atoms with E-state index in [-0.39, 0.29) is 6.10 Å². The minimum absolute atomic E-state index is 0.216. The van der Waals surface area contributed by atoms with Gasteiger partial charge in [0.1, 0.15) is 5.75 Å². The van der Waals surface area contributed by atoms with Crippen LogP contribution in [0.25, 0.3) is 0 Å². The van der Waals surface area contributed by atoms with E-state index >= 15 is 0 Å². The third-order valence-electron chi connectivity index (χ3n) is 2.68. The molecule has 2 nitrogen and oxygen atoms in total. The molecule has 0 aromatic heterocycles. The first-order chi connectivity index (χ1) is 8.63. The van der Waals surface area contributed by atoms with E-state index in [1.807, 2.05) is 38.1 Å². The van der Waals surface area contributed by atoms with Crippen LogP contribution in [0.5, 0.6) is 5.75 Å². The van der Waals surface area contributed by atoms with Gasteiger partial charge in [0.2, 0.25) is 0 Å². The van der Waals surface area contributed by atoms with Crippen molar-refractivity contribution in [1.29, 1.82) is 0 Å². The molecule has 2 aromatic rings. The first-order valence-electron chi connectivity index (χ1n) is 6.23. The van der Waals surface area contributed by atoms with Crippen LogP contribution in [-0.4, -0.2) is 6.10 Å². The summed E-state index contributed by atoms with van der Waals surface area (Å²) in [5, 5.41) is 0. The zero-order chi connectivity index (χ0) is 13.0. The predicted molar refractivity (Wildman–Crippen MR) is 75.9 cm³/mol. The minimum Gasteiger partial charge on any atom is -0.491 e. The first-order valence-corrected chi connectivity index (χ1v) is 6.23. The average molecular weight is 241 g/mol. The lowest BCUT2D eigenvalue weighted by Gasteiger charge is -2.10. The number of hydrogen-bond acceptors (Lipinski definition) is 2. The molecule has 0 spiro atoms. The normalized spacial score (nSPS) is 10.6. The van der Waals surface area contributed by atoms with Gasteiger partial charge in [-0.15, -0.1) is 0 Å². The predicted octanol–water partition coefficient (Wildman–Crippen LogP) is 3.65. The summed E-state index contributed by atoms with van der Waals surface area (Å²) < 4.78 is 5.62. The quantitative estimate of drug-likeness (QED) is 0.829. The number of nitrogen functional groups attached to an aromatic ring is 1. The van der Waals surface area contributed by atoms with Crippen LogP contribution < -0.4 is 10.5 Å². The lowest BCUT2D eigenvalue weighted by Crippen LogP contribution is -2.05. The molecule has 0 amide bonds. The molecule has 0 bridgehead atoms. The fourth-order valence-corrected chi connectivity index (χ4v) is 1.83. The zero-order valence-electron chi connectivity index (χ0n) is 10.9. The molecular formula is C16H19NO. The Morgan fingerprint density at radius 1 is 0.889 bits per heavy atom. The Hall–Kier alpha value is -1.96. The maximum absolute atomic E-state index is 5.67. The standard InChI is InChI=1S/C16H19NO/c1-12(2)18-16-9-5-14(6-10-16)11-13-3-7-15(17)8-4-13/h3-10,12H,11,17H2,1-2H3. The van der Waals surface area contributed by atoms with Crippen molar-refractivity contribution >= 4 is 5.69 Å². The van der Waals surface area contributed by atoms with Crippen LogP contribution in [0.15, 0.2) is 48.5 Å². The van der Waals surface area contributed by atoms with Gasteiger partial charge in [-0.2, -0.15) is 0 Å². The number of hydrogen-bond donors (Lipinski definition) is 1. The van der Waals surface area contributed by atoms with Crippen LogP contribution in [0.4, 0.5) is 5.69 Å². The largest absolute Gasteiger partial charge is 0.491 e. The lowest BCUT2D eigenvalue weighted by atomic mass is 10.0. The van der Waals surface area contributed by atoms with E-state index in [1.54, 1.807) is 0 Å². The van der Waals surface area contributed by atoms with Gasteiger partial charge >= 0.3 is 0 Å². The molecule has 2 heteroatoms. The van der Waals surface area contributed by atoms with Crippen molar-refractivity contribution in [2.45, 2.75) is 26.4 Å². The molecule has 0 aliphatic rings. The molecular weight excluding hydrogens is 222 g/mol. The topological polar surface area (TPSA) is 35.2 Å². The molecule has 0 unspecified atom stereocenters. The molecule has 0 atom stereocenters. The molecule has 0 aliphatic heterocycles. The van der Waals surface area contributed by atoms with Gasteiger partial charge in [0.25, 0.3) is 0 Å². The number of nitrogens with two attached hydrogens (primary N) is 1. The molecule has 0 radical (unpaired) electrons. The zero-order valence-corrected chi connectivity index (χ0v) is 10.9. The number of rotatable bonds is 4. The molecule has 0 heterocycles. The summed E-state index contributed by atoms with van der Waals surface area (Å²) >= 11 is 0. The van der Waals surface area contributed by atoms with Crippen LogP contribution in [0.1, 0.15) is 25.0 Å². The van der Waals surface area contributed by atoms with Crippen LogP contribution in [-0.2, 0) is 6.42 Å². The van der Waals surface area contributed by atoms with E-state index < -0.39 is 0 Å². The summed E-state index contributed by atoms with van der Waals surface area (Å²) in [6.07, 6.45) is 1.13. The average Bonchev–Trinajstić information content (AvgIpc) is 2.34. The summed E-state index contributed by atoms with van der Waals surface area (Å²) in [5.74, 6) is 0.922. The van der Waals surface area contributed by atoms with Crippen molar-refractivity contribution in [2.24, 2.45) is 0 Å². The highest BCUT2D eigenvalue weighted by molar-refractivity contribution is 5.41. The molecule has 94 valence electrons. The Morgan fingerprint density at radius 2 is 1.39 bits per heavy atom. The molecule has 2 N–H and O–H groups in total. The Labute approximate surface area is 108 Å². The van der Waals surface area contributed by atoms with Crippen LogP contribution in [0.3, 0.4) is 0 Å². The third-order valence-corrected chi connectivity index (χ3v) is 2.68. The van der Waals surface area contributed by atoms with Gasteiger partial charge < -0.3 is 10.5 Å².